The first-order chi connectivity index (χ1) is 27.4. The second-order valence-corrected chi connectivity index (χ2v) is 12.7. The maximum Gasteiger partial charge on any atom is 0.451 e. The summed E-state index contributed by atoms with van der Waals surface area (Å²) in [6, 6.07) is 9.92. The Balaban J connectivity index is 0.000000235. The van der Waals surface area contributed by atoms with Crippen molar-refractivity contribution in [3.8, 4) is 0 Å². The topological polar surface area (TPSA) is 233 Å². The molecule has 0 spiro atoms. The Kier molecular flexibility index (Phi) is 16.2. The van der Waals surface area contributed by atoms with Gasteiger partial charge >= 0.3 is 30.4 Å². The van der Waals surface area contributed by atoms with Gasteiger partial charge in [-0.05, 0) is 47.5 Å². The molecule has 6 rings (SSSR count). The first-order valence-electron chi connectivity index (χ1n) is 16.8. The summed E-state index contributed by atoms with van der Waals surface area (Å²) in [5.74, 6) is -1.30. The fraction of sp³-hybridized carbons (Fsp3) is 0.294. The lowest BCUT2D eigenvalue weighted by molar-refractivity contribution is -0.145. The Morgan fingerprint density at radius 1 is 0.672 bits per heavy atom. The van der Waals surface area contributed by atoms with Crippen molar-refractivity contribution in [3.05, 3.63) is 99.7 Å². The monoisotopic (exact) mass is 861 g/mol. The van der Waals surface area contributed by atoms with E-state index in [4.69, 9.17) is 37.5 Å². The fourth-order valence-electron chi connectivity index (χ4n) is 4.95. The molecule has 16 nitrogen and oxygen atoms in total. The Morgan fingerprint density at radius 2 is 1.16 bits per heavy atom. The lowest BCUT2D eigenvalue weighted by Crippen LogP contribution is -2.33. The number of carbonyl (C=O) groups excluding carboxylic acids is 3. The van der Waals surface area contributed by atoms with E-state index in [9.17, 15) is 35.9 Å². The van der Waals surface area contributed by atoms with E-state index in [2.05, 4.69) is 58.3 Å². The molecule has 2 aliphatic heterocycles. The van der Waals surface area contributed by atoms with Gasteiger partial charge in [-0.25, -0.2) is 29.3 Å². The fourth-order valence-corrected chi connectivity index (χ4v) is 5.43. The Hall–Kier alpha value is -5.52. The smallest absolute Gasteiger partial charge is 0.371 e. The number of hydrogen-bond donors (Lipinski definition) is 8. The molecule has 2 aromatic heterocycles. The number of morpholine rings is 2. The number of nitrogens with one attached hydrogen (secondary N) is 6. The number of primary amides is 2. The Bertz CT molecular complexity index is 1860. The molecule has 0 radical (unpaired) electrons. The summed E-state index contributed by atoms with van der Waals surface area (Å²) in [7, 11) is 0. The molecule has 0 bridgehead atoms. The SMILES string of the molecule is NC(N)=O.O=C(Nc1ccc(C(F)(F)F)cn1)Nc1ccc([C@H]2CNCCO2)cc1Cl.O=C(Nc1cnc(C(F)(F)F)nc1)Nc1ccc([C@@H]2CNCCO2)cc1Cl. The molecule has 0 saturated carbocycles. The van der Waals surface area contributed by atoms with Gasteiger partial charge in [-0.3, -0.25) is 5.32 Å². The standard InChI is InChI=1S/C17H16ClF3N4O2.C16H15ClF3N5O2.CH4N2O/c18-12-7-10(14-9-22-5-6-27-14)1-3-13(12)24-16(26)25-15-4-2-11(8-23-15)17(19,20)21;17-11-5-9(13-8-21-3-4-27-13)1-2-12(11)25-15(26)24-10-6-22-14(23-7-10)16(18,19)20;2-1(3)4/h1-4,7-8,14,22H,5-6,9H2,(H2,23,24,25,26);1-2,5-7,13,21H,3-4,8H2,(H2,24,25,26);(H4,2,3,4)/t14-;13-;/m10./s1. The van der Waals surface area contributed by atoms with E-state index in [1.165, 1.54) is 0 Å². The predicted molar refractivity (Wildman–Crippen MR) is 201 cm³/mol. The molecule has 312 valence electrons. The van der Waals surface area contributed by atoms with Crippen LogP contribution in [0.2, 0.25) is 10.0 Å². The third-order valence-corrected chi connectivity index (χ3v) is 8.20. The number of benzene rings is 2. The number of nitrogens with zero attached hydrogens (tertiary/aromatic N) is 3. The van der Waals surface area contributed by atoms with Crippen LogP contribution in [0.3, 0.4) is 0 Å². The van der Waals surface area contributed by atoms with Crippen molar-refractivity contribution >= 4 is 64.2 Å². The summed E-state index contributed by atoms with van der Waals surface area (Å²) in [5, 5.41) is 16.8. The number of anilines is 4. The lowest BCUT2D eigenvalue weighted by Gasteiger charge is -2.24. The minimum Gasteiger partial charge on any atom is -0.371 e. The van der Waals surface area contributed by atoms with Gasteiger partial charge in [-0.15, -0.1) is 0 Å². The molecule has 24 heteroatoms. The third kappa shape index (κ3) is 14.5. The van der Waals surface area contributed by atoms with E-state index in [1.807, 2.05) is 0 Å². The molecule has 2 saturated heterocycles. The van der Waals surface area contributed by atoms with Crippen molar-refractivity contribution in [2.75, 3.05) is 60.7 Å². The van der Waals surface area contributed by atoms with Crippen LogP contribution in [-0.2, 0) is 21.8 Å². The molecule has 2 fully saturated rings. The molecular formula is C34H35Cl2F6N11O5. The number of alkyl halides is 6. The molecule has 58 heavy (non-hydrogen) atoms. The van der Waals surface area contributed by atoms with E-state index in [0.717, 1.165) is 48.7 Å². The molecule has 6 amide bonds. The molecule has 0 unspecified atom stereocenters. The molecule has 0 aliphatic carbocycles. The Labute approximate surface area is 335 Å². The number of carbonyl (C=O) groups is 3. The molecule has 2 atom stereocenters. The second-order valence-electron chi connectivity index (χ2n) is 11.9. The maximum atomic E-state index is 12.5. The van der Waals surface area contributed by atoms with Crippen molar-refractivity contribution in [2.24, 2.45) is 11.5 Å². The number of urea groups is 3. The highest BCUT2D eigenvalue weighted by molar-refractivity contribution is 6.34. The summed E-state index contributed by atoms with van der Waals surface area (Å²) < 4.78 is 86.1. The van der Waals surface area contributed by atoms with Crippen LogP contribution in [0.4, 0.5) is 63.6 Å². The van der Waals surface area contributed by atoms with Crippen LogP contribution in [0.25, 0.3) is 0 Å². The van der Waals surface area contributed by atoms with E-state index >= 15 is 0 Å². The number of nitrogens with two attached hydrogens (primary N) is 2. The van der Waals surface area contributed by atoms with Crippen LogP contribution in [0.15, 0.2) is 67.1 Å². The van der Waals surface area contributed by atoms with Gasteiger partial charge in [-0.2, -0.15) is 26.3 Å². The number of aromatic nitrogens is 3. The van der Waals surface area contributed by atoms with Gasteiger partial charge in [-0.1, -0.05) is 35.3 Å². The summed E-state index contributed by atoms with van der Waals surface area (Å²) in [6.07, 6.45) is -6.98. The predicted octanol–water partition coefficient (Wildman–Crippen LogP) is 6.54. The van der Waals surface area contributed by atoms with E-state index in [0.29, 0.717) is 53.9 Å². The van der Waals surface area contributed by atoms with Gasteiger partial charge in [0.15, 0.2) is 0 Å². The third-order valence-electron chi connectivity index (χ3n) is 7.58. The van der Waals surface area contributed by atoms with Crippen molar-refractivity contribution in [3.63, 3.8) is 0 Å². The van der Waals surface area contributed by atoms with Gasteiger partial charge in [0.2, 0.25) is 5.82 Å². The van der Waals surface area contributed by atoms with E-state index < -0.39 is 41.8 Å². The number of amides is 6. The second kappa shape index (κ2) is 20.8. The van der Waals surface area contributed by atoms with Gasteiger partial charge in [0.1, 0.15) is 5.82 Å². The number of pyridine rings is 1. The normalized spacial score (nSPS) is 16.6. The van der Waals surface area contributed by atoms with Crippen LogP contribution in [0.1, 0.15) is 34.7 Å². The average molecular weight is 863 g/mol. The van der Waals surface area contributed by atoms with Gasteiger partial charge < -0.3 is 47.5 Å². The van der Waals surface area contributed by atoms with Crippen molar-refractivity contribution in [1.82, 2.24) is 25.6 Å². The van der Waals surface area contributed by atoms with Crippen LogP contribution in [0, 0.1) is 0 Å². The van der Waals surface area contributed by atoms with Crippen molar-refractivity contribution in [1.29, 1.82) is 0 Å². The lowest BCUT2D eigenvalue weighted by atomic mass is 10.1. The number of halogens is 8. The summed E-state index contributed by atoms with van der Waals surface area (Å²) >= 11 is 12.4. The van der Waals surface area contributed by atoms with Crippen LogP contribution >= 0.6 is 23.2 Å². The summed E-state index contributed by atoms with van der Waals surface area (Å²) in [4.78, 5) is 42.9. The van der Waals surface area contributed by atoms with Crippen LogP contribution in [-0.4, -0.2) is 72.4 Å². The minimum atomic E-state index is -4.65. The van der Waals surface area contributed by atoms with Crippen molar-refractivity contribution < 1.29 is 50.2 Å². The first kappa shape index (κ1) is 45.2. The van der Waals surface area contributed by atoms with E-state index in [-0.39, 0.29) is 23.7 Å². The number of ether oxygens (including phenoxy) is 2. The van der Waals surface area contributed by atoms with Gasteiger partial charge in [0, 0.05) is 32.4 Å². The number of rotatable bonds is 6. The summed E-state index contributed by atoms with van der Waals surface area (Å²) in [5.41, 5.74) is 10.1. The van der Waals surface area contributed by atoms with E-state index in [1.54, 1.807) is 36.4 Å². The zero-order valence-corrected chi connectivity index (χ0v) is 31.3. The highest BCUT2D eigenvalue weighted by Gasteiger charge is 2.34. The Morgan fingerprint density at radius 3 is 1.53 bits per heavy atom. The maximum absolute atomic E-state index is 12.5. The molecule has 10 N–H and O–H groups in total. The molecule has 2 aromatic carbocycles. The molecule has 4 aromatic rings. The highest BCUT2D eigenvalue weighted by Crippen LogP contribution is 2.31. The molecule has 2 aliphatic rings. The molecule has 4 heterocycles. The van der Waals surface area contributed by atoms with Crippen molar-refractivity contribution in [2.45, 2.75) is 24.6 Å². The minimum absolute atomic E-state index is 0.00919. The summed E-state index contributed by atoms with van der Waals surface area (Å²) in [6.45, 7) is 4.12. The zero-order chi connectivity index (χ0) is 42.5. The number of hydrogen-bond acceptors (Lipinski definition) is 10. The van der Waals surface area contributed by atoms with Gasteiger partial charge in [0.25, 0.3) is 0 Å². The van der Waals surface area contributed by atoms with Gasteiger partial charge in [0.05, 0.1) is 70.5 Å². The molecular weight excluding hydrogens is 827 g/mol. The van der Waals surface area contributed by atoms with Crippen LogP contribution in [0.5, 0.6) is 0 Å². The highest BCUT2D eigenvalue weighted by atomic mass is 35.5. The average Bonchev–Trinajstić information content (AvgIpc) is 3.17. The largest absolute Gasteiger partial charge is 0.451 e. The quantitative estimate of drug-likeness (QED) is 0.0976. The van der Waals surface area contributed by atoms with Crippen LogP contribution < -0.4 is 43.4 Å². The zero-order valence-electron chi connectivity index (χ0n) is 29.8. The first-order valence-corrected chi connectivity index (χ1v) is 17.5.